The van der Waals surface area contributed by atoms with E-state index in [1.165, 1.54) is 10.5 Å². The third-order valence-corrected chi connectivity index (χ3v) is 5.35. The lowest BCUT2D eigenvalue weighted by molar-refractivity contribution is 0.589. The van der Waals surface area contributed by atoms with E-state index < -0.39 is 10.0 Å². The molecule has 6 nitrogen and oxygen atoms in total. The molecule has 0 saturated heterocycles. The Kier molecular flexibility index (Phi) is 3.23. The molecule has 106 valence electrons. The molecule has 0 fully saturated rings. The molecule has 1 aromatic heterocycles. The average molecular weight is 292 g/mol. The fourth-order valence-corrected chi connectivity index (χ4v) is 4.02. The third kappa shape index (κ3) is 2.08. The van der Waals surface area contributed by atoms with E-state index >= 15 is 0 Å². The number of para-hydroxylation sites is 1. The second kappa shape index (κ2) is 4.92. The molecular weight excluding hydrogens is 276 g/mol. The molecule has 1 aliphatic rings. The Morgan fingerprint density at radius 1 is 1.30 bits per heavy atom. The van der Waals surface area contributed by atoms with Crippen LogP contribution >= 0.6 is 0 Å². The van der Waals surface area contributed by atoms with Gasteiger partial charge in [0.25, 0.3) is 10.0 Å². The standard InChI is InChI=1S/C13H16N4O2S/c1-10-13(9-15-16-10)20(18,19)17-7-6-14-8-11-4-2-3-5-12(11)17/h2-5,9,14H,6-8H2,1H3,(H,15,16). The Labute approximate surface area is 117 Å². The van der Waals surface area contributed by atoms with Crippen LogP contribution in [0.4, 0.5) is 5.69 Å². The zero-order valence-electron chi connectivity index (χ0n) is 11.1. The second-order valence-electron chi connectivity index (χ2n) is 4.74. The van der Waals surface area contributed by atoms with Crippen LogP contribution in [0.1, 0.15) is 11.3 Å². The van der Waals surface area contributed by atoms with Gasteiger partial charge in [-0.15, -0.1) is 0 Å². The molecule has 2 aromatic rings. The summed E-state index contributed by atoms with van der Waals surface area (Å²) in [6, 6.07) is 7.56. The van der Waals surface area contributed by atoms with Crippen LogP contribution in [0.2, 0.25) is 0 Å². The number of benzene rings is 1. The maximum atomic E-state index is 12.8. The van der Waals surface area contributed by atoms with Gasteiger partial charge in [-0.2, -0.15) is 5.10 Å². The molecule has 7 heteroatoms. The summed E-state index contributed by atoms with van der Waals surface area (Å²) in [6.07, 6.45) is 1.37. The lowest BCUT2D eigenvalue weighted by Gasteiger charge is -2.23. The summed E-state index contributed by atoms with van der Waals surface area (Å²) in [5, 5.41) is 9.73. The minimum absolute atomic E-state index is 0.231. The number of hydrogen-bond donors (Lipinski definition) is 2. The summed E-state index contributed by atoms with van der Waals surface area (Å²) in [5.74, 6) is 0. The number of hydrogen-bond acceptors (Lipinski definition) is 4. The van der Waals surface area contributed by atoms with Gasteiger partial charge in [-0.1, -0.05) is 18.2 Å². The molecule has 1 aliphatic heterocycles. The molecule has 1 aromatic carbocycles. The van der Waals surface area contributed by atoms with Crippen molar-refractivity contribution in [1.82, 2.24) is 15.5 Å². The van der Waals surface area contributed by atoms with E-state index in [9.17, 15) is 8.42 Å². The van der Waals surface area contributed by atoms with Crippen molar-refractivity contribution in [3.05, 3.63) is 41.7 Å². The number of nitrogens with one attached hydrogen (secondary N) is 2. The van der Waals surface area contributed by atoms with Gasteiger partial charge in [0.15, 0.2) is 0 Å². The summed E-state index contributed by atoms with van der Waals surface area (Å²) < 4.78 is 27.1. The molecule has 0 spiro atoms. The minimum Gasteiger partial charge on any atom is -0.311 e. The van der Waals surface area contributed by atoms with Gasteiger partial charge in [0.1, 0.15) is 4.90 Å². The fraction of sp³-hybridized carbons (Fsp3) is 0.308. The largest absolute Gasteiger partial charge is 0.311 e. The maximum Gasteiger partial charge on any atom is 0.267 e. The number of H-pyrrole nitrogens is 1. The first-order valence-electron chi connectivity index (χ1n) is 6.42. The van der Waals surface area contributed by atoms with Crippen LogP contribution in [0.3, 0.4) is 0 Å². The SMILES string of the molecule is Cc1[nH]ncc1S(=O)(=O)N1CCNCc2ccccc21. The number of rotatable bonds is 2. The summed E-state index contributed by atoms with van der Waals surface area (Å²) in [4.78, 5) is 0.231. The molecule has 0 unspecified atom stereocenters. The maximum absolute atomic E-state index is 12.8. The van der Waals surface area contributed by atoms with Crippen LogP contribution in [0.25, 0.3) is 0 Å². The van der Waals surface area contributed by atoms with Crippen molar-refractivity contribution in [3.8, 4) is 0 Å². The molecule has 0 atom stereocenters. The minimum atomic E-state index is -3.59. The van der Waals surface area contributed by atoms with E-state index in [-0.39, 0.29) is 4.90 Å². The summed E-state index contributed by atoms with van der Waals surface area (Å²) >= 11 is 0. The number of anilines is 1. The lowest BCUT2D eigenvalue weighted by atomic mass is 10.2. The Morgan fingerprint density at radius 2 is 2.10 bits per heavy atom. The zero-order chi connectivity index (χ0) is 14.2. The summed E-state index contributed by atoms with van der Waals surface area (Å²) in [6.45, 7) is 3.41. The summed E-state index contributed by atoms with van der Waals surface area (Å²) in [5.41, 5.74) is 2.27. The monoisotopic (exact) mass is 292 g/mol. The van der Waals surface area contributed by atoms with E-state index in [4.69, 9.17) is 0 Å². The first-order valence-corrected chi connectivity index (χ1v) is 7.86. The van der Waals surface area contributed by atoms with Crippen molar-refractivity contribution >= 4 is 15.7 Å². The Hall–Kier alpha value is -1.86. The van der Waals surface area contributed by atoms with Crippen LogP contribution in [0.15, 0.2) is 35.4 Å². The number of aromatic amines is 1. The highest BCUT2D eigenvalue weighted by Gasteiger charge is 2.29. The Balaban J connectivity index is 2.12. The number of aromatic nitrogens is 2. The van der Waals surface area contributed by atoms with Crippen molar-refractivity contribution in [2.24, 2.45) is 0 Å². The van der Waals surface area contributed by atoms with Gasteiger partial charge >= 0.3 is 0 Å². The molecule has 20 heavy (non-hydrogen) atoms. The normalized spacial score (nSPS) is 15.8. The third-order valence-electron chi connectivity index (χ3n) is 3.42. The topological polar surface area (TPSA) is 78.1 Å². The van der Waals surface area contributed by atoms with Gasteiger partial charge in [0, 0.05) is 19.6 Å². The number of sulfonamides is 1. The molecule has 0 aliphatic carbocycles. The van der Waals surface area contributed by atoms with Crippen LogP contribution < -0.4 is 9.62 Å². The first-order chi connectivity index (χ1) is 9.60. The molecule has 0 bridgehead atoms. The van der Waals surface area contributed by atoms with E-state index in [1.54, 1.807) is 6.92 Å². The van der Waals surface area contributed by atoms with Crippen molar-refractivity contribution < 1.29 is 8.42 Å². The number of aryl methyl sites for hydroxylation is 1. The molecule has 2 heterocycles. The van der Waals surface area contributed by atoms with Gasteiger partial charge in [-0.05, 0) is 18.6 Å². The van der Waals surface area contributed by atoms with Crippen LogP contribution in [0.5, 0.6) is 0 Å². The second-order valence-corrected chi connectivity index (χ2v) is 6.57. The molecule has 0 radical (unpaired) electrons. The van der Waals surface area contributed by atoms with Crippen molar-refractivity contribution in [2.75, 3.05) is 17.4 Å². The predicted octanol–water partition coefficient (Wildman–Crippen LogP) is 1.02. The molecule has 0 saturated carbocycles. The smallest absolute Gasteiger partial charge is 0.267 e. The molecule has 0 amide bonds. The lowest BCUT2D eigenvalue weighted by Crippen LogP contribution is -2.34. The van der Waals surface area contributed by atoms with E-state index in [1.807, 2.05) is 24.3 Å². The van der Waals surface area contributed by atoms with E-state index in [2.05, 4.69) is 15.5 Å². The highest BCUT2D eigenvalue weighted by Crippen LogP contribution is 2.28. The molecule has 3 rings (SSSR count). The average Bonchev–Trinajstić information content (AvgIpc) is 2.75. The predicted molar refractivity (Wildman–Crippen MR) is 76.0 cm³/mol. The zero-order valence-corrected chi connectivity index (χ0v) is 11.9. The van der Waals surface area contributed by atoms with Gasteiger partial charge in [0.2, 0.25) is 0 Å². The fourth-order valence-electron chi connectivity index (χ4n) is 2.40. The van der Waals surface area contributed by atoms with Gasteiger partial charge in [-0.25, -0.2) is 8.42 Å². The van der Waals surface area contributed by atoms with Gasteiger partial charge in [0.05, 0.1) is 17.6 Å². The van der Waals surface area contributed by atoms with Crippen molar-refractivity contribution in [1.29, 1.82) is 0 Å². The Bertz CT molecular complexity index is 723. The van der Waals surface area contributed by atoms with Crippen LogP contribution in [-0.2, 0) is 16.6 Å². The van der Waals surface area contributed by atoms with Gasteiger partial charge < -0.3 is 5.32 Å². The van der Waals surface area contributed by atoms with Gasteiger partial charge in [-0.3, -0.25) is 9.40 Å². The number of fused-ring (bicyclic) bond motifs is 1. The van der Waals surface area contributed by atoms with Crippen LogP contribution in [0, 0.1) is 6.92 Å². The first kappa shape index (κ1) is 13.1. The highest BCUT2D eigenvalue weighted by molar-refractivity contribution is 7.92. The summed E-state index contributed by atoms with van der Waals surface area (Å²) in [7, 11) is -3.59. The van der Waals surface area contributed by atoms with E-state index in [0.29, 0.717) is 25.3 Å². The molecular formula is C13H16N4O2S. The highest BCUT2D eigenvalue weighted by atomic mass is 32.2. The number of nitrogens with zero attached hydrogens (tertiary/aromatic N) is 2. The quantitative estimate of drug-likeness (QED) is 0.866. The Morgan fingerprint density at radius 3 is 2.85 bits per heavy atom. The molecule has 2 N–H and O–H groups in total. The van der Waals surface area contributed by atoms with E-state index in [0.717, 1.165) is 11.3 Å². The van der Waals surface area contributed by atoms with Crippen LogP contribution in [-0.4, -0.2) is 31.7 Å². The van der Waals surface area contributed by atoms with Crippen molar-refractivity contribution in [3.63, 3.8) is 0 Å². The van der Waals surface area contributed by atoms with Crippen molar-refractivity contribution in [2.45, 2.75) is 18.4 Å².